The maximum Gasteiger partial charge on any atom is 0.246 e. The standard InChI is InChI=1S/C15H23N7O/c1-12-9-21(11-15(23-12)6-3-4-7-15)14-17-18-19-22(14)10-13-5-8-16-20(13)2/h5,8,12H,3-4,6-7,9-11H2,1-2H3. The van der Waals surface area contributed by atoms with Crippen molar-refractivity contribution in [2.24, 2.45) is 7.05 Å². The summed E-state index contributed by atoms with van der Waals surface area (Å²) in [6.45, 7) is 4.47. The van der Waals surface area contributed by atoms with Crippen LogP contribution in [0.4, 0.5) is 5.95 Å². The molecule has 3 heterocycles. The molecule has 2 fully saturated rings. The van der Waals surface area contributed by atoms with Crippen molar-refractivity contribution in [1.29, 1.82) is 0 Å². The molecule has 8 nitrogen and oxygen atoms in total. The van der Waals surface area contributed by atoms with Gasteiger partial charge in [-0.1, -0.05) is 17.9 Å². The van der Waals surface area contributed by atoms with Crippen molar-refractivity contribution in [3.63, 3.8) is 0 Å². The van der Waals surface area contributed by atoms with Crippen molar-refractivity contribution >= 4 is 5.95 Å². The summed E-state index contributed by atoms with van der Waals surface area (Å²) in [7, 11) is 1.93. The Bertz CT molecular complexity index is 673. The molecule has 23 heavy (non-hydrogen) atoms. The fraction of sp³-hybridized carbons (Fsp3) is 0.733. The predicted molar refractivity (Wildman–Crippen MR) is 84.1 cm³/mol. The lowest BCUT2D eigenvalue weighted by atomic mass is 9.98. The van der Waals surface area contributed by atoms with Crippen molar-refractivity contribution in [3.05, 3.63) is 18.0 Å². The number of hydrogen-bond acceptors (Lipinski definition) is 6. The second-order valence-electron chi connectivity index (χ2n) is 6.78. The van der Waals surface area contributed by atoms with Crippen LogP contribution in [-0.2, 0) is 18.3 Å². The lowest BCUT2D eigenvalue weighted by molar-refractivity contribution is -0.0945. The van der Waals surface area contributed by atoms with Gasteiger partial charge in [-0.15, -0.1) is 0 Å². The molecule has 0 N–H and O–H groups in total. The molecule has 124 valence electrons. The summed E-state index contributed by atoms with van der Waals surface area (Å²) in [5.74, 6) is 0.827. The Balaban J connectivity index is 1.58. The zero-order valence-corrected chi connectivity index (χ0v) is 13.7. The van der Waals surface area contributed by atoms with Crippen molar-refractivity contribution in [2.45, 2.75) is 50.9 Å². The summed E-state index contributed by atoms with van der Waals surface area (Å²) in [6, 6.07) is 1.99. The average molecular weight is 317 g/mol. The van der Waals surface area contributed by atoms with Gasteiger partial charge in [0.2, 0.25) is 5.95 Å². The van der Waals surface area contributed by atoms with E-state index in [9.17, 15) is 0 Å². The molecule has 4 rings (SSSR count). The first-order valence-corrected chi connectivity index (χ1v) is 8.31. The normalized spacial score (nSPS) is 23.7. The molecular weight excluding hydrogens is 294 g/mol. The highest BCUT2D eigenvalue weighted by molar-refractivity contribution is 5.31. The molecule has 1 atom stereocenters. The van der Waals surface area contributed by atoms with Crippen molar-refractivity contribution < 1.29 is 4.74 Å². The largest absolute Gasteiger partial charge is 0.368 e. The monoisotopic (exact) mass is 317 g/mol. The number of ether oxygens (including phenoxy) is 1. The minimum atomic E-state index is -0.0129. The molecule has 1 saturated carbocycles. The van der Waals surface area contributed by atoms with E-state index in [0.717, 1.165) is 37.6 Å². The van der Waals surface area contributed by atoms with Crippen LogP contribution in [0.5, 0.6) is 0 Å². The zero-order chi connectivity index (χ0) is 15.9. The SMILES string of the molecule is CC1CN(c2nnnn2Cc2ccnn2C)CC2(CCCC2)O1. The van der Waals surface area contributed by atoms with Gasteiger partial charge in [-0.05, 0) is 36.3 Å². The molecule has 1 spiro atoms. The molecule has 2 aliphatic rings. The molecule has 0 aromatic carbocycles. The van der Waals surface area contributed by atoms with E-state index >= 15 is 0 Å². The molecule has 0 bridgehead atoms. The van der Waals surface area contributed by atoms with Gasteiger partial charge in [-0.25, -0.2) is 4.68 Å². The highest BCUT2D eigenvalue weighted by Crippen LogP contribution is 2.38. The Morgan fingerprint density at radius 2 is 2.17 bits per heavy atom. The number of anilines is 1. The fourth-order valence-electron chi connectivity index (χ4n) is 3.91. The highest BCUT2D eigenvalue weighted by Gasteiger charge is 2.42. The van der Waals surface area contributed by atoms with Crippen LogP contribution in [-0.4, -0.2) is 54.8 Å². The van der Waals surface area contributed by atoms with Crippen LogP contribution < -0.4 is 4.90 Å². The molecule has 1 saturated heterocycles. The number of morpholine rings is 1. The topological polar surface area (TPSA) is 73.9 Å². The molecular formula is C15H23N7O. The number of tetrazole rings is 1. The first kappa shape index (κ1) is 14.6. The number of nitrogens with zero attached hydrogens (tertiary/aromatic N) is 7. The Hall–Kier alpha value is -1.96. The van der Waals surface area contributed by atoms with Gasteiger partial charge in [-0.3, -0.25) is 4.68 Å². The van der Waals surface area contributed by atoms with Gasteiger partial charge in [0.05, 0.1) is 30.5 Å². The molecule has 1 aliphatic heterocycles. The molecule has 0 amide bonds. The molecule has 2 aromatic heterocycles. The van der Waals surface area contributed by atoms with Gasteiger partial charge >= 0.3 is 0 Å². The van der Waals surface area contributed by atoms with Crippen molar-refractivity contribution in [3.8, 4) is 0 Å². The van der Waals surface area contributed by atoms with Crippen LogP contribution in [0.15, 0.2) is 12.3 Å². The van der Waals surface area contributed by atoms with E-state index in [2.05, 4.69) is 32.4 Å². The van der Waals surface area contributed by atoms with Crippen LogP contribution in [0.25, 0.3) is 0 Å². The Labute approximate surface area is 135 Å². The first-order chi connectivity index (χ1) is 11.2. The number of aryl methyl sites for hydroxylation is 1. The van der Waals surface area contributed by atoms with E-state index < -0.39 is 0 Å². The quantitative estimate of drug-likeness (QED) is 0.840. The minimum Gasteiger partial charge on any atom is -0.368 e. The number of aromatic nitrogens is 6. The summed E-state index contributed by atoms with van der Waals surface area (Å²) in [5.41, 5.74) is 1.07. The second-order valence-corrected chi connectivity index (χ2v) is 6.78. The molecule has 0 radical (unpaired) electrons. The van der Waals surface area contributed by atoms with E-state index in [1.54, 1.807) is 6.20 Å². The number of hydrogen-bond donors (Lipinski definition) is 0. The third-order valence-corrected chi connectivity index (χ3v) is 4.95. The summed E-state index contributed by atoms with van der Waals surface area (Å²) < 4.78 is 10.0. The molecule has 1 aliphatic carbocycles. The van der Waals surface area contributed by atoms with Crippen molar-refractivity contribution in [2.75, 3.05) is 18.0 Å². The number of rotatable bonds is 3. The van der Waals surface area contributed by atoms with Gasteiger partial charge < -0.3 is 9.64 Å². The first-order valence-electron chi connectivity index (χ1n) is 8.31. The summed E-state index contributed by atoms with van der Waals surface area (Å²) >= 11 is 0. The van der Waals surface area contributed by atoms with Gasteiger partial charge in [0.25, 0.3) is 0 Å². The van der Waals surface area contributed by atoms with Crippen LogP contribution in [0, 0.1) is 0 Å². The maximum atomic E-state index is 6.29. The molecule has 8 heteroatoms. The zero-order valence-electron chi connectivity index (χ0n) is 13.7. The van der Waals surface area contributed by atoms with Gasteiger partial charge in [-0.2, -0.15) is 5.10 Å². The highest BCUT2D eigenvalue weighted by atomic mass is 16.5. The van der Waals surface area contributed by atoms with E-state index in [1.807, 2.05) is 22.5 Å². The van der Waals surface area contributed by atoms with Crippen LogP contribution in [0.2, 0.25) is 0 Å². The molecule has 1 unspecified atom stereocenters. The van der Waals surface area contributed by atoms with Gasteiger partial charge in [0.1, 0.15) is 0 Å². The van der Waals surface area contributed by atoms with E-state index in [1.165, 1.54) is 12.8 Å². The predicted octanol–water partition coefficient (Wildman–Crippen LogP) is 0.993. The minimum absolute atomic E-state index is 0.0129. The van der Waals surface area contributed by atoms with Crippen LogP contribution >= 0.6 is 0 Å². The average Bonchev–Trinajstić information content (AvgIpc) is 3.23. The van der Waals surface area contributed by atoms with Crippen LogP contribution in [0.1, 0.15) is 38.3 Å². The van der Waals surface area contributed by atoms with E-state index in [-0.39, 0.29) is 11.7 Å². The fourth-order valence-corrected chi connectivity index (χ4v) is 3.91. The third-order valence-electron chi connectivity index (χ3n) is 4.95. The summed E-state index contributed by atoms with van der Waals surface area (Å²) in [5, 5.41) is 16.6. The van der Waals surface area contributed by atoms with Crippen molar-refractivity contribution in [1.82, 2.24) is 30.0 Å². The summed E-state index contributed by atoms with van der Waals surface area (Å²) in [4.78, 5) is 2.29. The maximum absolute atomic E-state index is 6.29. The van der Waals surface area contributed by atoms with Gasteiger partial charge in [0, 0.05) is 19.8 Å². The summed E-state index contributed by atoms with van der Waals surface area (Å²) in [6.07, 6.45) is 6.77. The van der Waals surface area contributed by atoms with Crippen LogP contribution in [0.3, 0.4) is 0 Å². The Morgan fingerprint density at radius 3 is 2.91 bits per heavy atom. The Morgan fingerprint density at radius 1 is 1.35 bits per heavy atom. The smallest absolute Gasteiger partial charge is 0.246 e. The second kappa shape index (κ2) is 5.59. The lowest BCUT2D eigenvalue weighted by Gasteiger charge is -2.43. The lowest BCUT2D eigenvalue weighted by Crippen LogP contribution is -2.54. The van der Waals surface area contributed by atoms with E-state index in [4.69, 9.17) is 4.74 Å². The van der Waals surface area contributed by atoms with Gasteiger partial charge in [0.15, 0.2) is 0 Å². The van der Waals surface area contributed by atoms with E-state index in [0.29, 0.717) is 6.54 Å². The molecule has 2 aromatic rings. The third kappa shape index (κ3) is 2.71. The Kier molecular flexibility index (Phi) is 3.56.